The average molecular weight is 98.1 g/mol. The van der Waals surface area contributed by atoms with Crippen molar-refractivity contribution in [3.8, 4) is 0 Å². The first-order valence-electron chi connectivity index (χ1n) is 2.34. The van der Waals surface area contributed by atoms with Gasteiger partial charge in [0, 0.05) is 0 Å². The Morgan fingerprint density at radius 1 is 1.71 bits per heavy atom. The van der Waals surface area contributed by atoms with Gasteiger partial charge in [-0.05, 0) is 19.3 Å². The van der Waals surface area contributed by atoms with Crippen molar-refractivity contribution in [3.05, 3.63) is 6.42 Å². The topological polar surface area (TPSA) is 21.6 Å². The second kappa shape index (κ2) is 1.96. The van der Waals surface area contributed by atoms with Gasteiger partial charge in [0.2, 0.25) is 0 Å². The van der Waals surface area contributed by atoms with Gasteiger partial charge in [-0.25, -0.2) is 0 Å². The van der Waals surface area contributed by atoms with E-state index in [0.717, 1.165) is 18.6 Å². The molecule has 0 unspecified atom stereocenters. The van der Waals surface area contributed by atoms with Crippen LogP contribution >= 0.6 is 0 Å². The van der Waals surface area contributed by atoms with Crippen LogP contribution in [0.2, 0.25) is 0 Å². The van der Waals surface area contributed by atoms with Crippen LogP contribution in [0.3, 0.4) is 0 Å². The van der Waals surface area contributed by atoms with Crippen LogP contribution in [0.5, 0.6) is 0 Å². The van der Waals surface area contributed by atoms with Crippen molar-refractivity contribution in [1.82, 2.24) is 0 Å². The first kappa shape index (κ1) is 4.62. The molecule has 7 heavy (non-hydrogen) atoms. The molecule has 0 bridgehead atoms. The minimum Gasteiger partial charge on any atom is -0.399 e. The van der Waals surface area contributed by atoms with Crippen LogP contribution in [-0.2, 0) is 4.84 Å². The molecule has 0 saturated heterocycles. The van der Waals surface area contributed by atoms with Gasteiger partial charge in [-0.2, -0.15) is 0 Å². The van der Waals surface area contributed by atoms with Gasteiger partial charge in [-0.3, -0.25) is 0 Å². The Kier molecular flexibility index (Phi) is 1.29. The molecule has 1 radical (unpaired) electrons. The third-order valence-corrected chi connectivity index (χ3v) is 0.980. The molecule has 0 N–H and O–H groups in total. The van der Waals surface area contributed by atoms with Gasteiger partial charge in [0.05, 0.1) is 5.71 Å². The van der Waals surface area contributed by atoms with Crippen molar-refractivity contribution < 1.29 is 4.84 Å². The quantitative estimate of drug-likeness (QED) is 0.448. The van der Waals surface area contributed by atoms with Crippen LogP contribution in [-0.4, -0.2) is 12.8 Å². The van der Waals surface area contributed by atoms with Crippen LogP contribution < -0.4 is 0 Å². The van der Waals surface area contributed by atoms with E-state index in [2.05, 4.69) is 16.4 Å². The Morgan fingerprint density at radius 2 is 2.43 bits per heavy atom. The van der Waals surface area contributed by atoms with Crippen LogP contribution in [0.15, 0.2) is 5.16 Å². The van der Waals surface area contributed by atoms with E-state index in [0.29, 0.717) is 0 Å². The fourth-order valence-electron chi connectivity index (χ4n) is 0.477. The van der Waals surface area contributed by atoms with Crippen LogP contribution in [0.1, 0.15) is 12.8 Å². The molecular weight excluding hydrogens is 90.1 g/mol. The summed E-state index contributed by atoms with van der Waals surface area (Å²) in [6.07, 6.45) is 4.21. The fourth-order valence-corrected chi connectivity index (χ4v) is 0.477. The molecule has 39 valence electrons. The summed E-state index contributed by atoms with van der Waals surface area (Å²) in [5.74, 6) is 0. The Bertz CT molecular complexity index is 82.1. The van der Waals surface area contributed by atoms with Gasteiger partial charge in [0.25, 0.3) is 0 Å². The van der Waals surface area contributed by atoms with E-state index in [1.807, 2.05) is 0 Å². The highest BCUT2D eigenvalue weighted by atomic mass is 16.6. The Balaban J connectivity index is 2.23. The number of oxime groups is 1. The van der Waals surface area contributed by atoms with E-state index >= 15 is 0 Å². The second-order valence-corrected chi connectivity index (χ2v) is 1.54. The predicted molar refractivity (Wildman–Crippen MR) is 28.0 cm³/mol. The monoisotopic (exact) mass is 98.1 g/mol. The first-order chi connectivity index (χ1) is 3.43. The minimum absolute atomic E-state index is 1.02. The van der Waals surface area contributed by atoms with Crippen molar-refractivity contribution >= 4 is 5.71 Å². The Hall–Kier alpha value is -0.530. The Labute approximate surface area is 43.2 Å². The van der Waals surface area contributed by atoms with E-state index in [9.17, 15) is 0 Å². The normalized spacial score (nSPS) is 18.1. The molecule has 0 aliphatic heterocycles. The lowest BCUT2D eigenvalue weighted by Crippen LogP contribution is -2.10. The summed E-state index contributed by atoms with van der Waals surface area (Å²) >= 11 is 0. The van der Waals surface area contributed by atoms with E-state index in [1.165, 1.54) is 0 Å². The smallest absolute Gasteiger partial charge is 0.106 e. The fraction of sp³-hybridized carbons (Fsp3) is 0.600. The first-order valence-corrected chi connectivity index (χ1v) is 2.34. The van der Waals surface area contributed by atoms with Gasteiger partial charge < -0.3 is 4.84 Å². The van der Waals surface area contributed by atoms with Crippen LogP contribution in [0.4, 0.5) is 0 Å². The number of nitrogens with zero attached hydrogens (tertiary/aromatic N) is 1. The standard InChI is InChI=1S/C5H8NO/c1-7-6-5-3-2-4-5/h2H,3-4H2,1H3. The van der Waals surface area contributed by atoms with Gasteiger partial charge in [0.1, 0.15) is 7.11 Å². The highest BCUT2D eigenvalue weighted by molar-refractivity contribution is 5.91. The molecule has 2 nitrogen and oxygen atoms in total. The lowest BCUT2D eigenvalue weighted by Gasteiger charge is -2.11. The van der Waals surface area contributed by atoms with Crippen LogP contribution in [0, 0.1) is 6.42 Å². The molecule has 0 amide bonds. The summed E-state index contributed by atoms with van der Waals surface area (Å²) in [5.41, 5.74) is 1.16. The lowest BCUT2D eigenvalue weighted by atomic mass is 9.98. The molecule has 2 heteroatoms. The average Bonchev–Trinajstić information content (AvgIpc) is 1.55. The molecule has 1 aliphatic carbocycles. The van der Waals surface area contributed by atoms with Crippen molar-refractivity contribution in [2.75, 3.05) is 7.11 Å². The van der Waals surface area contributed by atoms with E-state index in [4.69, 9.17) is 0 Å². The highest BCUT2D eigenvalue weighted by Gasteiger charge is 2.09. The summed E-state index contributed by atoms with van der Waals surface area (Å²) in [5, 5.41) is 3.72. The van der Waals surface area contributed by atoms with Gasteiger partial charge in [-0.1, -0.05) is 5.16 Å². The molecular formula is C5H8NO. The van der Waals surface area contributed by atoms with Crippen molar-refractivity contribution in [2.45, 2.75) is 12.8 Å². The minimum atomic E-state index is 1.02. The molecule has 0 aromatic rings. The largest absolute Gasteiger partial charge is 0.399 e. The van der Waals surface area contributed by atoms with Gasteiger partial charge in [-0.15, -0.1) is 0 Å². The summed E-state index contributed by atoms with van der Waals surface area (Å²) in [6.45, 7) is 0. The zero-order valence-corrected chi connectivity index (χ0v) is 4.35. The van der Waals surface area contributed by atoms with Gasteiger partial charge >= 0.3 is 0 Å². The summed E-state index contributed by atoms with van der Waals surface area (Å²) in [4.78, 5) is 4.51. The molecule has 1 saturated carbocycles. The molecule has 0 atom stereocenters. The maximum absolute atomic E-state index is 4.51. The maximum Gasteiger partial charge on any atom is 0.106 e. The van der Waals surface area contributed by atoms with Crippen LogP contribution in [0.25, 0.3) is 0 Å². The summed E-state index contributed by atoms with van der Waals surface area (Å²) < 4.78 is 0. The van der Waals surface area contributed by atoms with E-state index < -0.39 is 0 Å². The van der Waals surface area contributed by atoms with E-state index in [-0.39, 0.29) is 0 Å². The zero-order chi connectivity index (χ0) is 5.11. The predicted octanol–water partition coefficient (Wildman–Crippen LogP) is 0.987. The number of hydrogen-bond donors (Lipinski definition) is 0. The summed E-state index contributed by atoms with van der Waals surface area (Å²) in [6, 6.07) is 0. The third kappa shape index (κ3) is 0.918. The maximum atomic E-state index is 4.51. The van der Waals surface area contributed by atoms with Crippen molar-refractivity contribution in [3.63, 3.8) is 0 Å². The lowest BCUT2D eigenvalue weighted by molar-refractivity contribution is 0.211. The molecule has 0 aromatic heterocycles. The summed E-state index contributed by atoms with van der Waals surface area (Å²) in [7, 11) is 1.57. The van der Waals surface area contributed by atoms with E-state index in [1.54, 1.807) is 7.11 Å². The number of rotatable bonds is 1. The zero-order valence-electron chi connectivity index (χ0n) is 4.35. The number of hydrogen-bond acceptors (Lipinski definition) is 2. The second-order valence-electron chi connectivity index (χ2n) is 1.54. The molecule has 1 aliphatic rings. The third-order valence-electron chi connectivity index (χ3n) is 0.980. The molecule has 0 heterocycles. The highest BCUT2D eigenvalue weighted by Crippen LogP contribution is 2.12. The molecule has 1 fully saturated rings. The van der Waals surface area contributed by atoms with Crippen molar-refractivity contribution in [2.24, 2.45) is 5.16 Å². The molecule has 0 aromatic carbocycles. The molecule has 0 spiro atoms. The SMILES string of the molecule is CON=C1C[CH]C1. The van der Waals surface area contributed by atoms with Gasteiger partial charge in [0.15, 0.2) is 0 Å². The van der Waals surface area contributed by atoms with Crippen molar-refractivity contribution in [1.29, 1.82) is 0 Å². The molecule has 1 rings (SSSR count). The Morgan fingerprint density at radius 3 is 2.57 bits per heavy atom.